The van der Waals surface area contributed by atoms with Gasteiger partial charge < -0.3 is 19.7 Å². The summed E-state index contributed by atoms with van der Waals surface area (Å²) in [7, 11) is 3.96. The van der Waals surface area contributed by atoms with Crippen LogP contribution in [-0.2, 0) is 0 Å². The van der Waals surface area contributed by atoms with Crippen molar-refractivity contribution in [3.8, 4) is 17.4 Å². The Hall–Kier alpha value is -3.56. The van der Waals surface area contributed by atoms with Gasteiger partial charge in [-0.15, -0.1) is 0 Å². The summed E-state index contributed by atoms with van der Waals surface area (Å²) in [6.07, 6.45) is 7.88. The molecule has 0 atom stereocenters. The molecule has 0 spiro atoms. The number of nitrogens with one attached hydrogen (secondary N) is 1. The second-order valence-corrected chi connectivity index (χ2v) is 7.24. The molecule has 3 aromatic heterocycles. The minimum absolute atomic E-state index is 0.279. The van der Waals surface area contributed by atoms with Gasteiger partial charge in [0.05, 0.1) is 17.9 Å². The highest BCUT2D eigenvalue weighted by atomic mass is 35.5. The lowest BCUT2D eigenvalue weighted by atomic mass is 10.2. The Morgan fingerprint density at radius 3 is 2.68 bits per heavy atom. The van der Waals surface area contributed by atoms with Gasteiger partial charge in [-0.05, 0) is 32.3 Å². The molecule has 1 aromatic carbocycles. The first kappa shape index (κ1) is 20.7. The van der Waals surface area contributed by atoms with Crippen molar-refractivity contribution in [2.45, 2.75) is 0 Å². The summed E-state index contributed by atoms with van der Waals surface area (Å²) < 4.78 is 11.6. The molecule has 158 valence electrons. The van der Waals surface area contributed by atoms with E-state index in [4.69, 9.17) is 21.1 Å². The number of hydrogen-bond donors (Lipinski definition) is 1. The Balaban J connectivity index is 1.54. The molecule has 0 saturated heterocycles. The number of aromatic nitrogens is 5. The maximum absolute atomic E-state index is 6.35. The molecule has 0 amide bonds. The van der Waals surface area contributed by atoms with Gasteiger partial charge in [0.25, 0.3) is 0 Å². The molecular formula is C21H20ClN7O2. The predicted molar refractivity (Wildman–Crippen MR) is 118 cm³/mol. The van der Waals surface area contributed by atoms with Gasteiger partial charge in [0, 0.05) is 30.4 Å². The van der Waals surface area contributed by atoms with E-state index >= 15 is 0 Å². The van der Waals surface area contributed by atoms with E-state index in [-0.39, 0.29) is 5.88 Å². The van der Waals surface area contributed by atoms with Crippen molar-refractivity contribution in [2.75, 3.05) is 32.6 Å². The topological polar surface area (TPSA) is 98.2 Å². The van der Waals surface area contributed by atoms with Crippen LogP contribution in [0.4, 0.5) is 11.6 Å². The summed E-state index contributed by atoms with van der Waals surface area (Å²) in [5.74, 6) is 2.56. The summed E-state index contributed by atoms with van der Waals surface area (Å²) in [5, 5.41) is 4.25. The minimum Gasteiger partial charge on any atom is -0.491 e. The van der Waals surface area contributed by atoms with Gasteiger partial charge in [-0.3, -0.25) is 4.98 Å². The smallest absolute Gasteiger partial charge is 0.238 e. The minimum atomic E-state index is 0.279. The predicted octanol–water partition coefficient (Wildman–Crippen LogP) is 3.94. The van der Waals surface area contributed by atoms with Gasteiger partial charge >= 0.3 is 0 Å². The molecule has 4 rings (SSSR count). The summed E-state index contributed by atoms with van der Waals surface area (Å²) >= 11 is 6.35. The number of likely N-dealkylation sites (N-methyl/N-ethyl adjacent to an activating group) is 1. The number of fused-ring (bicyclic) bond motifs is 1. The molecule has 4 aromatic rings. The average molecular weight is 438 g/mol. The van der Waals surface area contributed by atoms with Crippen molar-refractivity contribution >= 4 is 34.1 Å². The highest BCUT2D eigenvalue weighted by Crippen LogP contribution is 2.32. The molecule has 31 heavy (non-hydrogen) atoms. The number of rotatable bonds is 8. The van der Waals surface area contributed by atoms with Crippen molar-refractivity contribution in [3.63, 3.8) is 0 Å². The van der Waals surface area contributed by atoms with Crippen molar-refractivity contribution in [2.24, 2.45) is 0 Å². The summed E-state index contributed by atoms with van der Waals surface area (Å²) in [6, 6.07) is 7.13. The highest BCUT2D eigenvalue weighted by molar-refractivity contribution is 6.32. The number of anilines is 2. The second-order valence-electron chi connectivity index (χ2n) is 6.83. The van der Waals surface area contributed by atoms with Gasteiger partial charge in [-0.25, -0.2) is 19.9 Å². The van der Waals surface area contributed by atoms with E-state index in [1.54, 1.807) is 36.9 Å². The standard InChI is InChI=1S/C21H20ClN7O2/c1-29(2)7-8-30-15-10-17(22)21(25-11-15)31-14-3-4-18-16(9-14)20(27-13-26-18)28-19-12-23-5-6-24-19/h3-6,9-13H,7-8H2,1-2H3,(H,24,26,27,28). The van der Waals surface area contributed by atoms with Crippen molar-refractivity contribution < 1.29 is 9.47 Å². The van der Waals surface area contributed by atoms with E-state index < -0.39 is 0 Å². The third-order valence-corrected chi connectivity index (χ3v) is 4.49. The average Bonchev–Trinajstić information content (AvgIpc) is 2.76. The summed E-state index contributed by atoms with van der Waals surface area (Å²) in [5.41, 5.74) is 0.748. The number of nitrogens with zero attached hydrogens (tertiary/aromatic N) is 6. The van der Waals surface area contributed by atoms with E-state index in [2.05, 4.69) is 30.2 Å². The van der Waals surface area contributed by atoms with Crippen LogP contribution in [0.1, 0.15) is 0 Å². The Labute approximate surface area is 184 Å². The van der Waals surface area contributed by atoms with Crippen LogP contribution in [0, 0.1) is 0 Å². The molecule has 0 bridgehead atoms. The Bertz CT molecular complexity index is 1170. The van der Waals surface area contributed by atoms with Gasteiger partial charge in [0.1, 0.15) is 41.1 Å². The van der Waals surface area contributed by atoms with E-state index in [0.29, 0.717) is 34.8 Å². The third kappa shape index (κ3) is 5.33. The number of hydrogen-bond acceptors (Lipinski definition) is 9. The molecule has 3 heterocycles. The molecule has 1 N–H and O–H groups in total. The highest BCUT2D eigenvalue weighted by Gasteiger charge is 2.11. The largest absolute Gasteiger partial charge is 0.491 e. The summed E-state index contributed by atoms with van der Waals surface area (Å²) in [4.78, 5) is 23.2. The lowest BCUT2D eigenvalue weighted by molar-refractivity contribution is 0.260. The molecule has 10 heteroatoms. The first-order chi connectivity index (χ1) is 15.1. The fraction of sp³-hybridized carbons (Fsp3) is 0.190. The zero-order valence-electron chi connectivity index (χ0n) is 17.0. The van der Waals surface area contributed by atoms with Crippen LogP contribution in [0.3, 0.4) is 0 Å². The monoisotopic (exact) mass is 437 g/mol. The number of halogens is 1. The van der Waals surface area contributed by atoms with Gasteiger partial charge in [-0.1, -0.05) is 11.6 Å². The Kier molecular flexibility index (Phi) is 6.34. The van der Waals surface area contributed by atoms with Crippen LogP contribution >= 0.6 is 11.6 Å². The SMILES string of the molecule is CN(C)CCOc1cnc(Oc2ccc3ncnc(Nc4cnccn4)c3c2)c(Cl)c1. The fourth-order valence-electron chi connectivity index (χ4n) is 2.70. The molecule has 0 aliphatic heterocycles. The lowest BCUT2D eigenvalue weighted by Crippen LogP contribution is -2.19. The normalized spacial score (nSPS) is 11.0. The zero-order valence-corrected chi connectivity index (χ0v) is 17.7. The number of pyridine rings is 1. The van der Waals surface area contributed by atoms with Crippen LogP contribution in [0.15, 0.2) is 55.4 Å². The lowest BCUT2D eigenvalue weighted by Gasteiger charge is -2.12. The second kappa shape index (κ2) is 9.50. The number of ether oxygens (including phenoxy) is 2. The van der Waals surface area contributed by atoms with Crippen LogP contribution in [0.5, 0.6) is 17.4 Å². The van der Waals surface area contributed by atoms with E-state index in [1.165, 1.54) is 6.33 Å². The molecule has 0 radical (unpaired) electrons. The van der Waals surface area contributed by atoms with E-state index in [1.807, 2.05) is 31.1 Å². The van der Waals surface area contributed by atoms with Crippen molar-refractivity contribution in [1.29, 1.82) is 0 Å². The molecule has 0 aliphatic carbocycles. The Morgan fingerprint density at radius 2 is 1.90 bits per heavy atom. The molecule has 0 unspecified atom stereocenters. The van der Waals surface area contributed by atoms with E-state index in [0.717, 1.165) is 17.4 Å². The Morgan fingerprint density at radius 1 is 1.00 bits per heavy atom. The van der Waals surface area contributed by atoms with Gasteiger partial charge in [0.15, 0.2) is 0 Å². The molecular weight excluding hydrogens is 418 g/mol. The van der Waals surface area contributed by atoms with Crippen LogP contribution < -0.4 is 14.8 Å². The summed E-state index contributed by atoms with van der Waals surface area (Å²) in [6.45, 7) is 1.33. The zero-order chi connectivity index (χ0) is 21.6. The first-order valence-corrected chi connectivity index (χ1v) is 9.85. The molecule has 9 nitrogen and oxygen atoms in total. The first-order valence-electron chi connectivity index (χ1n) is 9.47. The molecule has 0 saturated carbocycles. The fourth-order valence-corrected chi connectivity index (χ4v) is 2.90. The maximum Gasteiger partial charge on any atom is 0.238 e. The van der Waals surface area contributed by atoms with Crippen molar-refractivity contribution in [3.05, 3.63) is 60.4 Å². The van der Waals surface area contributed by atoms with Gasteiger partial charge in [-0.2, -0.15) is 0 Å². The van der Waals surface area contributed by atoms with Crippen LogP contribution in [-0.4, -0.2) is 57.1 Å². The number of benzene rings is 1. The van der Waals surface area contributed by atoms with Crippen LogP contribution in [0.25, 0.3) is 10.9 Å². The van der Waals surface area contributed by atoms with Gasteiger partial charge in [0.2, 0.25) is 5.88 Å². The molecule has 0 fully saturated rings. The van der Waals surface area contributed by atoms with Crippen LogP contribution in [0.2, 0.25) is 5.02 Å². The molecule has 0 aliphatic rings. The quantitative estimate of drug-likeness (QED) is 0.439. The van der Waals surface area contributed by atoms with E-state index in [9.17, 15) is 0 Å². The third-order valence-electron chi connectivity index (χ3n) is 4.22. The maximum atomic E-state index is 6.35. The van der Waals surface area contributed by atoms with Crippen molar-refractivity contribution in [1.82, 2.24) is 29.8 Å².